The van der Waals surface area contributed by atoms with Gasteiger partial charge in [0.25, 0.3) is 0 Å². The summed E-state index contributed by atoms with van der Waals surface area (Å²) in [5.41, 5.74) is 0. The summed E-state index contributed by atoms with van der Waals surface area (Å²) >= 11 is 5.22. The zero-order valence-corrected chi connectivity index (χ0v) is 11.3. The predicted octanol–water partition coefficient (Wildman–Crippen LogP) is 1.40. The van der Waals surface area contributed by atoms with Crippen molar-refractivity contribution in [1.82, 2.24) is 19.7 Å². The molecule has 1 N–H and O–H groups in total. The van der Waals surface area contributed by atoms with E-state index in [0.29, 0.717) is 17.3 Å². The lowest BCUT2D eigenvalue weighted by Gasteiger charge is -2.10. The molecule has 0 saturated heterocycles. The van der Waals surface area contributed by atoms with Gasteiger partial charge in [-0.1, -0.05) is 0 Å². The number of H-pyrrole nitrogens is 1. The third-order valence-electron chi connectivity index (χ3n) is 2.87. The Balaban J connectivity index is 1.78. The molecule has 1 aromatic rings. The molecular formula is C11H20N4OS. The molecule has 0 bridgehead atoms. The Bertz CT molecular complexity index is 408. The van der Waals surface area contributed by atoms with Crippen LogP contribution >= 0.6 is 12.2 Å². The Morgan fingerprint density at radius 3 is 2.88 bits per heavy atom. The normalized spacial score (nSPS) is 15.7. The highest BCUT2D eigenvalue weighted by Gasteiger charge is 2.28. The van der Waals surface area contributed by atoms with Gasteiger partial charge in [-0.15, -0.1) is 0 Å². The van der Waals surface area contributed by atoms with E-state index in [1.165, 1.54) is 12.8 Å². The minimum Gasteiger partial charge on any atom is -0.378 e. The van der Waals surface area contributed by atoms with Crippen LogP contribution in [0.1, 0.15) is 24.6 Å². The zero-order chi connectivity index (χ0) is 12.3. The van der Waals surface area contributed by atoms with Crippen molar-refractivity contribution >= 4 is 12.2 Å². The maximum atomic E-state index is 5.58. The highest BCUT2D eigenvalue weighted by molar-refractivity contribution is 7.71. The molecule has 1 aromatic heterocycles. The maximum Gasteiger partial charge on any atom is 0.195 e. The molecular weight excluding hydrogens is 236 g/mol. The fourth-order valence-corrected chi connectivity index (χ4v) is 1.93. The van der Waals surface area contributed by atoms with Crippen molar-refractivity contribution in [3.8, 4) is 0 Å². The number of hydrogen-bond acceptors (Lipinski definition) is 4. The topological polar surface area (TPSA) is 46.1 Å². The molecule has 17 heavy (non-hydrogen) atoms. The van der Waals surface area contributed by atoms with E-state index in [1.807, 2.05) is 14.1 Å². The van der Waals surface area contributed by atoms with Crippen molar-refractivity contribution in [3.63, 3.8) is 0 Å². The average molecular weight is 256 g/mol. The minimum absolute atomic E-state index is 0.615. The molecule has 0 atom stereocenters. The number of hydrogen-bond donors (Lipinski definition) is 1. The largest absolute Gasteiger partial charge is 0.378 e. The van der Waals surface area contributed by atoms with E-state index in [-0.39, 0.29) is 0 Å². The van der Waals surface area contributed by atoms with Crippen LogP contribution in [-0.2, 0) is 11.3 Å². The number of nitrogens with one attached hydrogen (secondary N) is 1. The van der Waals surface area contributed by atoms with Crippen molar-refractivity contribution in [3.05, 3.63) is 10.6 Å². The molecule has 1 saturated carbocycles. The van der Waals surface area contributed by atoms with Gasteiger partial charge >= 0.3 is 0 Å². The molecule has 0 spiro atoms. The molecule has 1 aliphatic rings. The Labute approximate surface area is 107 Å². The van der Waals surface area contributed by atoms with Gasteiger partial charge < -0.3 is 14.2 Å². The average Bonchev–Trinajstić information content (AvgIpc) is 3.04. The predicted molar refractivity (Wildman–Crippen MR) is 68.8 cm³/mol. The summed E-state index contributed by atoms with van der Waals surface area (Å²) in [7, 11) is 4.08. The van der Waals surface area contributed by atoms with E-state index >= 15 is 0 Å². The first kappa shape index (κ1) is 12.7. The number of ether oxygens (including phenoxy) is 1. The van der Waals surface area contributed by atoms with Crippen LogP contribution in [0.5, 0.6) is 0 Å². The second kappa shape index (κ2) is 5.75. The van der Waals surface area contributed by atoms with Gasteiger partial charge in [-0.2, -0.15) is 5.10 Å². The summed E-state index contributed by atoms with van der Waals surface area (Å²) in [6, 6.07) is 0. The van der Waals surface area contributed by atoms with Crippen LogP contribution in [0.25, 0.3) is 0 Å². The Hall–Kier alpha value is -0.720. The lowest BCUT2D eigenvalue weighted by Crippen LogP contribution is -2.19. The smallest absolute Gasteiger partial charge is 0.195 e. The molecule has 0 aliphatic heterocycles. The fraction of sp³-hybridized carbons (Fsp3) is 0.818. The van der Waals surface area contributed by atoms with Crippen LogP contribution < -0.4 is 0 Å². The van der Waals surface area contributed by atoms with Crippen molar-refractivity contribution < 1.29 is 4.74 Å². The first-order chi connectivity index (χ1) is 8.18. The summed E-state index contributed by atoms with van der Waals surface area (Å²) in [5.74, 6) is 1.72. The van der Waals surface area contributed by atoms with E-state index in [1.54, 1.807) is 0 Å². The van der Waals surface area contributed by atoms with Gasteiger partial charge in [-0.3, -0.25) is 5.10 Å². The van der Waals surface area contributed by atoms with Crippen LogP contribution in [0.2, 0.25) is 0 Å². The molecule has 1 fully saturated rings. The van der Waals surface area contributed by atoms with Gasteiger partial charge in [0.1, 0.15) is 5.82 Å². The van der Waals surface area contributed by atoms with E-state index < -0.39 is 0 Å². The zero-order valence-electron chi connectivity index (χ0n) is 10.5. The van der Waals surface area contributed by atoms with Crippen LogP contribution in [0.4, 0.5) is 0 Å². The highest BCUT2D eigenvalue weighted by Crippen LogP contribution is 2.38. The summed E-state index contributed by atoms with van der Waals surface area (Å²) in [4.78, 5) is 2.11. The van der Waals surface area contributed by atoms with Gasteiger partial charge in [-0.25, -0.2) is 0 Å². The quantitative estimate of drug-likeness (QED) is 0.591. The molecule has 2 rings (SSSR count). The number of aromatic nitrogens is 3. The van der Waals surface area contributed by atoms with E-state index in [9.17, 15) is 0 Å². The summed E-state index contributed by atoms with van der Waals surface area (Å²) in [6.45, 7) is 3.21. The fourth-order valence-electron chi connectivity index (χ4n) is 1.70. The SMILES string of the molecule is CN(C)CCOCCn1c(C2CC2)n[nH]c1=S. The lowest BCUT2D eigenvalue weighted by atomic mass is 10.4. The number of nitrogens with zero attached hydrogens (tertiary/aromatic N) is 3. The van der Waals surface area contributed by atoms with E-state index in [0.717, 1.165) is 25.5 Å². The van der Waals surface area contributed by atoms with Gasteiger partial charge in [-0.05, 0) is 39.2 Å². The van der Waals surface area contributed by atoms with Gasteiger partial charge in [0.05, 0.1) is 19.8 Å². The van der Waals surface area contributed by atoms with Crippen molar-refractivity contribution in [2.45, 2.75) is 25.3 Å². The van der Waals surface area contributed by atoms with E-state index in [2.05, 4.69) is 19.7 Å². The Morgan fingerprint density at radius 2 is 2.24 bits per heavy atom. The van der Waals surface area contributed by atoms with Crippen molar-refractivity contribution in [2.24, 2.45) is 0 Å². The lowest BCUT2D eigenvalue weighted by molar-refractivity contribution is 0.110. The van der Waals surface area contributed by atoms with Crippen LogP contribution in [0.3, 0.4) is 0 Å². The van der Waals surface area contributed by atoms with Crippen LogP contribution in [0, 0.1) is 4.77 Å². The number of likely N-dealkylation sites (N-methyl/N-ethyl adjacent to an activating group) is 1. The molecule has 6 heteroatoms. The van der Waals surface area contributed by atoms with Crippen molar-refractivity contribution in [2.75, 3.05) is 33.9 Å². The standard InChI is InChI=1S/C11H20N4OS/c1-14(2)5-7-16-8-6-15-10(9-3-4-9)12-13-11(15)17/h9H,3-8H2,1-2H3,(H,13,17). The van der Waals surface area contributed by atoms with Crippen LogP contribution in [-0.4, -0.2) is 53.5 Å². The summed E-state index contributed by atoms with van der Waals surface area (Å²) in [5, 5.41) is 7.16. The first-order valence-electron chi connectivity index (χ1n) is 6.06. The second-order valence-corrected chi connectivity index (χ2v) is 5.12. The number of rotatable bonds is 7. The minimum atomic E-state index is 0.615. The molecule has 5 nitrogen and oxygen atoms in total. The highest BCUT2D eigenvalue weighted by atomic mass is 32.1. The van der Waals surface area contributed by atoms with Gasteiger partial charge in [0.2, 0.25) is 0 Å². The van der Waals surface area contributed by atoms with E-state index in [4.69, 9.17) is 17.0 Å². The molecule has 1 heterocycles. The van der Waals surface area contributed by atoms with Gasteiger partial charge in [0.15, 0.2) is 4.77 Å². The Morgan fingerprint density at radius 1 is 1.47 bits per heavy atom. The molecule has 0 radical (unpaired) electrons. The molecule has 0 aromatic carbocycles. The molecule has 96 valence electrons. The summed E-state index contributed by atoms with van der Waals surface area (Å²) in [6.07, 6.45) is 2.47. The second-order valence-electron chi connectivity index (χ2n) is 4.73. The number of aromatic amines is 1. The maximum absolute atomic E-state index is 5.58. The van der Waals surface area contributed by atoms with Gasteiger partial charge in [0, 0.05) is 12.5 Å². The summed E-state index contributed by atoms with van der Waals surface area (Å²) < 4.78 is 8.36. The molecule has 1 aliphatic carbocycles. The third kappa shape index (κ3) is 3.62. The monoisotopic (exact) mass is 256 g/mol. The van der Waals surface area contributed by atoms with Crippen molar-refractivity contribution in [1.29, 1.82) is 0 Å². The Kier molecular flexibility index (Phi) is 4.31. The third-order valence-corrected chi connectivity index (χ3v) is 3.18. The first-order valence-corrected chi connectivity index (χ1v) is 6.47. The molecule has 0 amide bonds. The van der Waals surface area contributed by atoms with Crippen LogP contribution in [0.15, 0.2) is 0 Å². The molecule has 0 unspecified atom stereocenters.